The van der Waals surface area contributed by atoms with Crippen LogP contribution in [0.15, 0.2) is 22.7 Å². The molecule has 0 aromatic heterocycles. The molecule has 5 heteroatoms. The molecule has 0 spiro atoms. The summed E-state index contributed by atoms with van der Waals surface area (Å²) in [5, 5.41) is 0. The summed E-state index contributed by atoms with van der Waals surface area (Å²) in [6.45, 7) is 0.808. The van der Waals surface area contributed by atoms with Crippen molar-refractivity contribution in [2.45, 2.75) is 38.3 Å². The van der Waals surface area contributed by atoms with Crippen molar-refractivity contribution in [3.63, 3.8) is 0 Å². The van der Waals surface area contributed by atoms with Crippen LogP contribution < -0.4 is 0 Å². The average molecular weight is 344 g/mol. The zero-order valence-electron chi connectivity index (χ0n) is 11.6. The molecule has 0 N–H and O–H groups in total. The Kier molecular flexibility index (Phi) is 5.54. The van der Waals surface area contributed by atoms with E-state index in [1.54, 1.807) is 6.07 Å². The van der Waals surface area contributed by atoms with Crippen LogP contribution in [0.4, 0.5) is 4.39 Å². The lowest BCUT2D eigenvalue weighted by Gasteiger charge is -2.28. The van der Waals surface area contributed by atoms with Gasteiger partial charge >= 0.3 is 5.97 Å². The van der Waals surface area contributed by atoms with Gasteiger partial charge in [0.05, 0.1) is 13.7 Å². The fraction of sp³-hybridized carbons (Fsp3) is 0.533. The van der Waals surface area contributed by atoms with E-state index in [-0.39, 0.29) is 18.3 Å². The Balaban J connectivity index is 2.13. The Hall–Kier alpha value is -0.940. The Morgan fingerprint density at radius 1 is 1.45 bits per heavy atom. The third kappa shape index (κ3) is 4.03. The summed E-state index contributed by atoms with van der Waals surface area (Å²) < 4.78 is 19.0. The Morgan fingerprint density at radius 3 is 2.80 bits per heavy atom. The molecule has 0 bridgehead atoms. The van der Waals surface area contributed by atoms with E-state index in [4.69, 9.17) is 4.74 Å². The number of nitrogens with zero attached hydrogens (tertiary/aromatic N) is 1. The van der Waals surface area contributed by atoms with Crippen LogP contribution in [0.3, 0.4) is 0 Å². The smallest absolute Gasteiger partial charge is 0.319 e. The van der Waals surface area contributed by atoms with Crippen molar-refractivity contribution in [1.29, 1.82) is 0 Å². The molecule has 0 atom stereocenters. The summed E-state index contributed by atoms with van der Waals surface area (Å²) >= 11 is 3.44. The van der Waals surface area contributed by atoms with Crippen molar-refractivity contribution in [1.82, 2.24) is 4.90 Å². The molecule has 0 saturated heterocycles. The van der Waals surface area contributed by atoms with Crippen LogP contribution in [0.1, 0.15) is 31.2 Å². The van der Waals surface area contributed by atoms with Gasteiger partial charge < -0.3 is 4.74 Å². The lowest BCUT2D eigenvalue weighted by atomic mass is 10.1. The van der Waals surface area contributed by atoms with Crippen LogP contribution in [-0.4, -0.2) is 30.6 Å². The highest BCUT2D eigenvalue weighted by molar-refractivity contribution is 9.10. The minimum atomic E-state index is -0.257. The minimum Gasteiger partial charge on any atom is -0.468 e. The third-order valence-electron chi connectivity index (χ3n) is 3.78. The first-order chi connectivity index (χ1) is 9.60. The molecular weight excluding hydrogens is 325 g/mol. The summed E-state index contributed by atoms with van der Waals surface area (Å²) in [6, 6.07) is 5.02. The summed E-state index contributed by atoms with van der Waals surface area (Å²) in [6.07, 6.45) is 4.55. The highest BCUT2D eigenvalue weighted by atomic mass is 79.9. The van der Waals surface area contributed by atoms with Gasteiger partial charge in [0.1, 0.15) is 5.82 Å². The molecule has 0 heterocycles. The number of hydrogen-bond donors (Lipinski definition) is 0. The van der Waals surface area contributed by atoms with Crippen molar-refractivity contribution in [2.24, 2.45) is 0 Å². The number of methoxy groups -OCH3 is 1. The molecule has 2 rings (SSSR count). The molecule has 0 amide bonds. The van der Waals surface area contributed by atoms with E-state index in [0.29, 0.717) is 12.6 Å². The van der Waals surface area contributed by atoms with Crippen molar-refractivity contribution in [3.8, 4) is 0 Å². The van der Waals surface area contributed by atoms with Gasteiger partial charge in [-0.1, -0.05) is 28.8 Å². The van der Waals surface area contributed by atoms with Gasteiger partial charge in [-0.25, -0.2) is 4.39 Å². The first kappa shape index (κ1) is 15.4. The molecule has 0 radical (unpaired) electrons. The van der Waals surface area contributed by atoms with Gasteiger partial charge in [-0.3, -0.25) is 9.69 Å². The molecule has 1 aromatic rings. The van der Waals surface area contributed by atoms with E-state index in [1.807, 2.05) is 0 Å². The number of rotatable bonds is 5. The maximum atomic E-state index is 13.4. The predicted molar refractivity (Wildman–Crippen MR) is 78.8 cm³/mol. The zero-order valence-corrected chi connectivity index (χ0v) is 13.2. The normalized spacial score (nSPS) is 15.8. The highest BCUT2D eigenvalue weighted by Gasteiger charge is 2.25. The van der Waals surface area contributed by atoms with Gasteiger partial charge in [-0.15, -0.1) is 0 Å². The lowest BCUT2D eigenvalue weighted by molar-refractivity contribution is -0.142. The largest absolute Gasteiger partial charge is 0.468 e. The minimum absolute atomic E-state index is 0.246. The molecule has 1 fully saturated rings. The number of halogens is 2. The van der Waals surface area contributed by atoms with Crippen molar-refractivity contribution in [3.05, 3.63) is 34.1 Å². The number of carbonyl (C=O) groups is 1. The average Bonchev–Trinajstić information content (AvgIpc) is 2.96. The monoisotopic (exact) mass is 343 g/mol. The highest BCUT2D eigenvalue weighted by Crippen LogP contribution is 2.27. The summed E-state index contributed by atoms with van der Waals surface area (Å²) in [4.78, 5) is 13.7. The number of carbonyl (C=O) groups excluding carboxylic acids is 1. The van der Waals surface area contributed by atoms with Gasteiger partial charge in [0.25, 0.3) is 0 Å². The quantitative estimate of drug-likeness (QED) is 0.766. The number of esters is 1. The second kappa shape index (κ2) is 7.18. The zero-order chi connectivity index (χ0) is 14.5. The molecule has 1 aromatic carbocycles. The predicted octanol–water partition coefficient (Wildman–Crippen LogP) is 3.51. The van der Waals surface area contributed by atoms with Crippen LogP contribution >= 0.6 is 15.9 Å². The molecule has 0 aliphatic heterocycles. The van der Waals surface area contributed by atoms with Gasteiger partial charge in [-0.2, -0.15) is 0 Å². The number of hydrogen-bond acceptors (Lipinski definition) is 3. The maximum absolute atomic E-state index is 13.4. The molecule has 3 nitrogen and oxygen atoms in total. The van der Waals surface area contributed by atoms with Gasteiger partial charge in [0.2, 0.25) is 0 Å². The standard InChI is InChI=1S/C15H19BrFNO2/c1-20-15(19)10-18(13-4-2-3-5-13)9-11-8-12(17)6-7-14(11)16/h6-8,13H,2-5,9-10H2,1H3. The molecular formula is C15H19BrFNO2. The van der Waals surface area contributed by atoms with Crippen molar-refractivity contribution >= 4 is 21.9 Å². The lowest BCUT2D eigenvalue weighted by Crippen LogP contribution is -2.37. The first-order valence-electron chi connectivity index (χ1n) is 6.85. The van der Waals surface area contributed by atoms with Gasteiger partial charge in [0, 0.05) is 17.1 Å². The second-order valence-corrected chi connectivity index (χ2v) is 6.01. The van der Waals surface area contributed by atoms with Crippen LogP contribution in [0.25, 0.3) is 0 Å². The molecule has 20 heavy (non-hydrogen) atoms. The van der Waals surface area contributed by atoms with Crippen LogP contribution in [0.2, 0.25) is 0 Å². The Morgan fingerprint density at radius 2 is 2.15 bits per heavy atom. The third-order valence-corrected chi connectivity index (χ3v) is 4.56. The fourth-order valence-corrected chi connectivity index (χ4v) is 3.07. The van der Waals surface area contributed by atoms with Crippen LogP contribution in [-0.2, 0) is 16.1 Å². The Labute approximate surface area is 127 Å². The maximum Gasteiger partial charge on any atom is 0.319 e. The van der Waals surface area contributed by atoms with Crippen molar-refractivity contribution in [2.75, 3.05) is 13.7 Å². The first-order valence-corrected chi connectivity index (χ1v) is 7.64. The molecule has 1 saturated carbocycles. The van der Waals surface area contributed by atoms with E-state index in [9.17, 15) is 9.18 Å². The Bertz CT molecular complexity index is 475. The molecule has 0 unspecified atom stereocenters. The second-order valence-electron chi connectivity index (χ2n) is 5.16. The molecule has 1 aliphatic carbocycles. The van der Waals surface area contributed by atoms with E-state index in [1.165, 1.54) is 32.1 Å². The van der Waals surface area contributed by atoms with Gasteiger partial charge in [-0.05, 0) is 36.6 Å². The molecule has 110 valence electrons. The van der Waals surface area contributed by atoms with Crippen molar-refractivity contribution < 1.29 is 13.9 Å². The van der Waals surface area contributed by atoms with Crippen LogP contribution in [0, 0.1) is 5.82 Å². The van der Waals surface area contributed by atoms with E-state index in [2.05, 4.69) is 20.8 Å². The summed E-state index contributed by atoms with van der Waals surface area (Å²) in [5.41, 5.74) is 0.862. The number of benzene rings is 1. The van der Waals surface area contributed by atoms with Gasteiger partial charge in [0.15, 0.2) is 0 Å². The van der Waals surface area contributed by atoms with E-state index in [0.717, 1.165) is 22.9 Å². The summed E-state index contributed by atoms with van der Waals surface area (Å²) in [7, 11) is 1.40. The molecule has 1 aliphatic rings. The van der Waals surface area contributed by atoms with Crippen LogP contribution in [0.5, 0.6) is 0 Å². The van der Waals surface area contributed by atoms with E-state index >= 15 is 0 Å². The topological polar surface area (TPSA) is 29.5 Å². The fourth-order valence-electron chi connectivity index (χ4n) is 2.70. The van der Waals surface area contributed by atoms with E-state index < -0.39 is 0 Å². The SMILES string of the molecule is COC(=O)CN(Cc1cc(F)ccc1Br)C1CCCC1. The summed E-state index contributed by atoms with van der Waals surface area (Å²) in [5.74, 6) is -0.503. The number of ether oxygens (including phenoxy) is 1.